The lowest BCUT2D eigenvalue weighted by atomic mass is 9.95. The van der Waals surface area contributed by atoms with Crippen LogP contribution in [0.5, 0.6) is 11.5 Å². The second-order valence-corrected chi connectivity index (χ2v) is 9.48. The predicted octanol–water partition coefficient (Wildman–Crippen LogP) is 3.39. The predicted molar refractivity (Wildman–Crippen MR) is 119 cm³/mol. The Hall–Kier alpha value is -2.58. The molecule has 0 bridgehead atoms. The van der Waals surface area contributed by atoms with E-state index in [1.165, 1.54) is 18.6 Å². The van der Waals surface area contributed by atoms with Crippen LogP contribution in [0.4, 0.5) is 0 Å². The van der Waals surface area contributed by atoms with Gasteiger partial charge in [0, 0.05) is 18.2 Å². The normalized spacial score (nSPS) is 15.8. The SMILES string of the molecule is COc1ccccc1CNS(=O)(=O)c1ccc(O[C@@H](C)C(=O)NC2CCCCC2)cc1. The quantitative estimate of drug-likeness (QED) is 0.616. The van der Waals surface area contributed by atoms with E-state index in [0.29, 0.717) is 11.5 Å². The van der Waals surface area contributed by atoms with Crippen molar-refractivity contribution in [1.82, 2.24) is 10.0 Å². The Morgan fingerprint density at radius 3 is 2.42 bits per heavy atom. The van der Waals surface area contributed by atoms with Gasteiger partial charge < -0.3 is 14.8 Å². The van der Waals surface area contributed by atoms with Crippen LogP contribution in [0.2, 0.25) is 0 Å². The van der Waals surface area contributed by atoms with Crippen LogP contribution in [0.15, 0.2) is 53.4 Å². The van der Waals surface area contributed by atoms with Crippen LogP contribution in [0.25, 0.3) is 0 Å². The molecule has 0 aromatic heterocycles. The Morgan fingerprint density at radius 1 is 1.06 bits per heavy atom. The van der Waals surface area contributed by atoms with Crippen LogP contribution in [-0.4, -0.2) is 33.6 Å². The number of carbonyl (C=O) groups is 1. The van der Waals surface area contributed by atoms with Crippen LogP contribution in [0.1, 0.15) is 44.6 Å². The molecule has 0 heterocycles. The van der Waals surface area contributed by atoms with Crippen molar-refractivity contribution in [3.8, 4) is 11.5 Å². The number of sulfonamides is 1. The fourth-order valence-corrected chi connectivity index (χ4v) is 4.63. The fraction of sp³-hybridized carbons (Fsp3) is 0.435. The molecule has 1 aliphatic carbocycles. The molecule has 2 aromatic rings. The smallest absolute Gasteiger partial charge is 0.260 e. The average molecular weight is 447 g/mol. The largest absolute Gasteiger partial charge is 0.496 e. The molecule has 168 valence electrons. The number of nitrogens with one attached hydrogen (secondary N) is 2. The molecule has 1 saturated carbocycles. The topological polar surface area (TPSA) is 93.7 Å². The Balaban J connectivity index is 1.56. The van der Waals surface area contributed by atoms with Gasteiger partial charge in [-0.1, -0.05) is 37.5 Å². The van der Waals surface area contributed by atoms with E-state index in [4.69, 9.17) is 9.47 Å². The molecule has 0 aliphatic heterocycles. The Bertz CT molecular complexity index is 970. The molecule has 1 aliphatic rings. The molecule has 2 aromatic carbocycles. The van der Waals surface area contributed by atoms with Crippen LogP contribution in [-0.2, 0) is 21.4 Å². The number of methoxy groups -OCH3 is 1. The molecule has 8 heteroatoms. The summed E-state index contributed by atoms with van der Waals surface area (Å²) in [4.78, 5) is 12.5. The van der Waals surface area contributed by atoms with Gasteiger partial charge in [0.2, 0.25) is 10.0 Å². The van der Waals surface area contributed by atoms with Crippen LogP contribution in [0, 0.1) is 0 Å². The number of benzene rings is 2. The molecular formula is C23H30N2O5S. The summed E-state index contributed by atoms with van der Waals surface area (Å²) in [6, 6.07) is 13.5. The Morgan fingerprint density at radius 2 is 1.74 bits per heavy atom. The molecule has 0 unspecified atom stereocenters. The van der Waals surface area contributed by atoms with Gasteiger partial charge >= 0.3 is 0 Å². The van der Waals surface area contributed by atoms with Gasteiger partial charge in [-0.2, -0.15) is 0 Å². The summed E-state index contributed by atoms with van der Waals surface area (Å²) in [7, 11) is -2.16. The first-order valence-corrected chi connectivity index (χ1v) is 12.1. The molecule has 1 fully saturated rings. The maximum Gasteiger partial charge on any atom is 0.260 e. The second kappa shape index (κ2) is 10.6. The van der Waals surface area contributed by atoms with Crippen LogP contribution < -0.4 is 19.5 Å². The van der Waals surface area contributed by atoms with Crippen molar-refractivity contribution in [1.29, 1.82) is 0 Å². The van der Waals surface area contributed by atoms with Crippen molar-refractivity contribution in [3.05, 3.63) is 54.1 Å². The van der Waals surface area contributed by atoms with E-state index in [0.717, 1.165) is 31.2 Å². The monoisotopic (exact) mass is 446 g/mol. The molecule has 1 amide bonds. The highest BCUT2D eigenvalue weighted by Gasteiger charge is 2.21. The molecule has 0 spiro atoms. The Kier molecular flexibility index (Phi) is 7.92. The van der Waals surface area contributed by atoms with E-state index in [1.807, 2.05) is 12.1 Å². The highest BCUT2D eigenvalue weighted by molar-refractivity contribution is 7.89. The molecular weight excluding hydrogens is 416 g/mol. The van der Waals surface area contributed by atoms with Gasteiger partial charge in [0.1, 0.15) is 11.5 Å². The summed E-state index contributed by atoms with van der Waals surface area (Å²) >= 11 is 0. The number of hydrogen-bond donors (Lipinski definition) is 2. The minimum absolute atomic E-state index is 0.114. The summed E-state index contributed by atoms with van der Waals surface area (Å²) in [6.45, 7) is 1.81. The van der Waals surface area contributed by atoms with Crippen LogP contribution in [0.3, 0.4) is 0 Å². The van der Waals surface area contributed by atoms with Crippen molar-refractivity contribution in [2.45, 2.75) is 62.6 Å². The van der Waals surface area contributed by atoms with E-state index in [-0.39, 0.29) is 23.4 Å². The van der Waals surface area contributed by atoms with E-state index >= 15 is 0 Å². The lowest BCUT2D eigenvalue weighted by molar-refractivity contribution is -0.128. The number of carbonyl (C=O) groups excluding carboxylic acids is 1. The first-order chi connectivity index (χ1) is 14.9. The van der Waals surface area contributed by atoms with E-state index in [1.54, 1.807) is 38.3 Å². The van der Waals surface area contributed by atoms with Crippen molar-refractivity contribution in [3.63, 3.8) is 0 Å². The lowest BCUT2D eigenvalue weighted by Crippen LogP contribution is -2.43. The van der Waals surface area contributed by atoms with Gasteiger partial charge in [0.15, 0.2) is 6.10 Å². The molecule has 0 radical (unpaired) electrons. The molecule has 31 heavy (non-hydrogen) atoms. The van der Waals surface area contributed by atoms with Gasteiger partial charge in [-0.25, -0.2) is 13.1 Å². The second-order valence-electron chi connectivity index (χ2n) is 7.71. The highest BCUT2D eigenvalue weighted by Crippen LogP contribution is 2.21. The van der Waals surface area contributed by atoms with E-state index < -0.39 is 16.1 Å². The zero-order valence-electron chi connectivity index (χ0n) is 18.0. The number of ether oxygens (including phenoxy) is 2. The van der Waals surface area contributed by atoms with Crippen LogP contribution >= 0.6 is 0 Å². The van der Waals surface area contributed by atoms with E-state index in [2.05, 4.69) is 10.0 Å². The summed E-state index contributed by atoms with van der Waals surface area (Å²) in [5, 5.41) is 3.04. The van der Waals surface area contributed by atoms with Gasteiger partial charge in [-0.15, -0.1) is 0 Å². The fourth-order valence-electron chi connectivity index (χ4n) is 3.63. The first kappa shape index (κ1) is 23.1. The third-order valence-electron chi connectivity index (χ3n) is 5.41. The number of rotatable bonds is 9. The van der Waals surface area contributed by atoms with E-state index in [9.17, 15) is 13.2 Å². The lowest BCUT2D eigenvalue weighted by Gasteiger charge is -2.24. The van der Waals surface area contributed by atoms with Crippen molar-refractivity contribution in [2.24, 2.45) is 0 Å². The summed E-state index contributed by atoms with van der Waals surface area (Å²) in [6.07, 6.45) is 4.86. The van der Waals surface area contributed by atoms with Gasteiger partial charge in [0.05, 0.1) is 12.0 Å². The summed E-state index contributed by atoms with van der Waals surface area (Å²) in [5.74, 6) is 0.909. The molecule has 1 atom stereocenters. The third-order valence-corrected chi connectivity index (χ3v) is 6.83. The number of amides is 1. The maximum atomic E-state index is 12.6. The van der Waals surface area contributed by atoms with Crippen molar-refractivity contribution in [2.75, 3.05) is 7.11 Å². The summed E-state index contributed by atoms with van der Waals surface area (Å²) < 4.78 is 38.8. The average Bonchev–Trinajstić information content (AvgIpc) is 2.79. The number of hydrogen-bond acceptors (Lipinski definition) is 5. The molecule has 7 nitrogen and oxygen atoms in total. The molecule has 2 N–H and O–H groups in total. The van der Waals surface area contributed by atoms with Crippen molar-refractivity contribution >= 4 is 15.9 Å². The number of para-hydroxylation sites is 1. The van der Waals surface area contributed by atoms with Gasteiger partial charge in [-0.05, 0) is 50.1 Å². The molecule has 0 saturated heterocycles. The standard InChI is InChI=1S/C23H30N2O5S/c1-17(23(26)25-19-9-4-3-5-10-19)30-20-12-14-21(15-13-20)31(27,28)24-16-18-8-6-7-11-22(18)29-2/h6-8,11-15,17,19,24H,3-5,9-10,16H2,1-2H3,(H,25,26)/t17-/m0/s1. The first-order valence-electron chi connectivity index (χ1n) is 10.6. The molecule has 3 rings (SSSR count). The van der Waals surface area contributed by atoms with Gasteiger partial charge in [-0.3, -0.25) is 4.79 Å². The minimum Gasteiger partial charge on any atom is -0.496 e. The van der Waals surface area contributed by atoms with Gasteiger partial charge in [0.25, 0.3) is 5.91 Å². The highest BCUT2D eigenvalue weighted by atomic mass is 32.2. The zero-order chi connectivity index (χ0) is 22.3. The minimum atomic E-state index is -3.70. The summed E-state index contributed by atoms with van der Waals surface area (Å²) in [5.41, 5.74) is 0.742. The van der Waals surface area contributed by atoms with Crippen molar-refractivity contribution < 1.29 is 22.7 Å². The third kappa shape index (κ3) is 6.45. The Labute approximate surface area is 184 Å². The zero-order valence-corrected chi connectivity index (χ0v) is 18.8. The maximum absolute atomic E-state index is 12.6.